The van der Waals surface area contributed by atoms with Crippen molar-refractivity contribution in [3.63, 3.8) is 0 Å². The summed E-state index contributed by atoms with van der Waals surface area (Å²) < 4.78 is 12.0. The molecule has 2 aromatic rings. The average molecular weight is 507 g/mol. The number of hydrogen-bond donors (Lipinski definition) is 1. The fourth-order valence-electron chi connectivity index (χ4n) is 3.30. The maximum absolute atomic E-state index is 12.1. The largest absolute Gasteiger partial charge is 0.493 e. The van der Waals surface area contributed by atoms with Crippen molar-refractivity contribution < 1.29 is 19.2 Å². The zero-order valence-corrected chi connectivity index (χ0v) is 20.3. The number of hydrogen-bond acceptors (Lipinski definition) is 5. The summed E-state index contributed by atoms with van der Waals surface area (Å²) in [4.78, 5) is 22.9. The van der Waals surface area contributed by atoms with Crippen molar-refractivity contribution >= 4 is 27.5 Å². The summed E-state index contributed by atoms with van der Waals surface area (Å²) in [5, 5.41) is 14.1. The number of ether oxygens (including phenoxy) is 2. The van der Waals surface area contributed by atoms with Crippen molar-refractivity contribution in [3.8, 4) is 11.5 Å². The number of amides is 1. The van der Waals surface area contributed by atoms with Crippen LogP contribution in [0.4, 0.5) is 5.69 Å². The minimum Gasteiger partial charge on any atom is -0.493 e. The van der Waals surface area contributed by atoms with Gasteiger partial charge in [-0.15, -0.1) is 0 Å². The van der Waals surface area contributed by atoms with Gasteiger partial charge in [0.05, 0.1) is 17.6 Å². The molecule has 0 heterocycles. The number of halogens is 1. The molecule has 2 aromatic carbocycles. The summed E-state index contributed by atoms with van der Waals surface area (Å²) in [6.45, 7) is 2.60. The van der Waals surface area contributed by atoms with Gasteiger partial charge in [0.1, 0.15) is 6.61 Å². The molecule has 0 atom stereocenters. The number of nitro groups is 1. The summed E-state index contributed by atoms with van der Waals surface area (Å²) in [5.74, 6) is 0.981. The lowest BCUT2D eigenvalue weighted by Gasteiger charge is -2.14. The monoisotopic (exact) mass is 506 g/mol. The van der Waals surface area contributed by atoms with E-state index < -0.39 is 4.92 Å². The van der Waals surface area contributed by atoms with Crippen LogP contribution in [0.1, 0.15) is 63.0 Å². The van der Waals surface area contributed by atoms with E-state index in [-0.39, 0.29) is 18.2 Å². The van der Waals surface area contributed by atoms with E-state index in [1.165, 1.54) is 38.9 Å². The number of methoxy groups -OCH3 is 1. The van der Waals surface area contributed by atoms with E-state index in [2.05, 4.69) is 28.2 Å². The van der Waals surface area contributed by atoms with E-state index in [1.807, 2.05) is 0 Å². The molecule has 0 fully saturated rings. The standard InChI is InChI=1S/C24H31BrN2O5/c1-3-4-5-6-7-8-13-24(28)26-16-19-14-22(31-2)23(15-20(19)25)32-17-18-11-9-10-12-21(18)27(29)30/h9-12,14-15H,3-8,13,16-17H2,1-2H3,(H,26,28). The molecular formula is C24H31BrN2O5. The molecule has 0 aliphatic carbocycles. The minimum absolute atomic E-state index is 0.00947. The lowest BCUT2D eigenvalue weighted by atomic mass is 10.1. The second-order valence-electron chi connectivity index (χ2n) is 7.56. The number of benzene rings is 2. The average Bonchev–Trinajstić information content (AvgIpc) is 2.79. The maximum Gasteiger partial charge on any atom is 0.276 e. The molecule has 0 unspecified atom stereocenters. The van der Waals surface area contributed by atoms with Crippen LogP contribution in [0.2, 0.25) is 0 Å². The van der Waals surface area contributed by atoms with Crippen LogP contribution >= 0.6 is 15.9 Å². The Labute approximate surface area is 197 Å². The fraction of sp³-hybridized carbons (Fsp3) is 0.458. The highest BCUT2D eigenvalue weighted by Crippen LogP contribution is 2.34. The molecule has 7 nitrogen and oxygen atoms in total. The maximum atomic E-state index is 12.1. The van der Waals surface area contributed by atoms with Crippen LogP contribution in [0.25, 0.3) is 0 Å². The van der Waals surface area contributed by atoms with E-state index in [1.54, 1.807) is 30.3 Å². The normalized spacial score (nSPS) is 10.6. The predicted octanol–water partition coefficient (Wildman–Crippen LogP) is 6.31. The summed E-state index contributed by atoms with van der Waals surface area (Å²) in [7, 11) is 1.53. The number of carbonyl (C=O) groups is 1. The van der Waals surface area contributed by atoms with E-state index in [4.69, 9.17) is 9.47 Å². The molecule has 32 heavy (non-hydrogen) atoms. The molecule has 1 amide bonds. The van der Waals surface area contributed by atoms with E-state index in [0.29, 0.717) is 30.0 Å². The quantitative estimate of drug-likeness (QED) is 0.184. The molecule has 174 valence electrons. The van der Waals surface area contributed by atoms with Crippen molar-refractivity contribution in [1.29, 1.82) is 0 Å². The third-order valence-corrected chi connectivity index (χ3v) is 5.88. The number of unbranched alkanes of at least 4 members (excludes halogenated alkanes) is 5. The zero-order chi connectivity index (χ0) is 23.3. The summed E-state index contributed by atoms with van der Waals surface area (Å²) >= 11 is 3.52. The Morgan fingerprint density at radius 1 is 1.06 bits per heavy atom. The van der Waals surface area contributed by atoms with Crippen LogP contribution in [0.5, 0.6) is 11.5 Å². The van der Waals surface area contributed by atoms with Gasteiger partial charge < -0.3 is 14.8 Å². The molecule has 0 bridgehead atoms. The van der Waals surface area contributed by atoms with Crippen LogP contribution < -0.4 is 14.8 Å². The van der Waals surface area contributed by atoms with Gasteiger partial charge in [-0.25, -0.2) is 0 Å². The number of nitro benzene ring substituents is 1. The van der Waals surface area contributed by atoms with Crippen molar-refractivity contribution in [2.75, 3.05) is 7.11 Å². The Morgan fingerprint density at radius 2 is 1.78 bits per heavy atom. The molecule has 0 aliphatic heterocycles. The predicted molar refractivity (Wildman–Crippen MR) is 128 cm³/mol. The summed E-state index contributed by atoms with van der Waals surface area (Å²) in [6, 6.07) is 10.0. The smallest absolute Gasteiger partial charge is 0.276 e. The molecule has 1 N–H and O–H groups in total. The molecule has 0 spiro atoms. The number of nitrogens with one attached hydrogen (secondary N) is 1. The minimum atomic E-state index is -0.428. The Bertz CT molecular complexity index is 904. The van der Waals surface area contributed by atoms with Crippen molar-refractivity contribution in [2.24, 2.45) is 0 Å². The third-order valence-electron chi connectivity index (χ3n) is 5.14. The lowest BCUT2D eigenvalue weighted by molar-refractivity contribution is -0.385. The van der Waals surface area contributed by atoms with E-state index in [0.717, 1.165) is 22.9 Å². The molecular weight excluding hydrogens is 476 g/mol. The number of rotatable bonds is 14. The van der Waals surface area contributed by atoms with Crippen LogP contribution in [0.15, 0.2) is 40.9 Å². The number of carbonyl (C=O) groups excluding carboxylic acids is 1. The SMILES string of the molecule is CCCCCCCCC(=O)NCc1cc(OC)c(OCc2ccccc2[N+](=O)[O-])cc1Br. The Morgan fingerprint density at radius 3 is 2.50 bits per heavy atom. The Kier molecular flexibility index (Phi) is 11.0. The molecule has 0 aliphatic rings. The first kappa shape index (κ1) is 25.6. The Balaban J connectivity index is 1.92. The Hall–Kier alpha value is -2.61. The van der Waals surface area contributed by atoms with E-state index in [9.17, 15) is 14.9 Å². The van der Waals surface area contributed by atoms with Crippen LogP contribution in [0.3, 0.4) is 0 Å². The van der Waals surface area contributed by atoms with Crippen molar-refractivity contribution in [3.05, 3.63) is 62.1 Å². The number of nitrogens with zero attached hydrogens (tertiary/aromatic N) is 1. The zero-order valence-electron chi connectivity index (χ0n) is 18.7. The van der Waals surface area contributed by atoms with Gasteiger partial charge in [-0.2, -0.15) is 0 Å². The molecule has 8 heteroatoms. The van der Waals surface area contributed by atoms with Crippen LogP contribution in [-0.2, 0) is 17.9 Å². The highest BCUT2D eigenvalue weighted by atomic mass is 79.9. The second-order valence-corrected chi connectivity index (χ2v) is 8.42. The molecule has 0 aromatic heterocycles. The van der Waals surface area contributed by atoms with Gasteiger partial charge in [-0.05, 0) is 30.2 Å². The topological polar surface area (TPSA) is 90.7 Å². The summed E-state index contributed by atoms with van der Waals surface area (Å²) in [6.07, 6.45) is 7.39. The highest BCUT2D eigenvalue weighted by Gasteiger charge is 2.16. The van der Waals surface area contributed by atoms with Gasteiger partial charge in [0.2, 0.25) is 5.91 Å². The van der Waals surface area contributed by atoms with Gasteiger partial charge >= 0.3 is 0 Å². The third kappa shape index (κ3) is 8.15. The lowest BCUT2D eigenvalue weighted by Crippen LogP contribution is -2.22. The molecule has 0 radical (unpaired) electrons. The molecule has 0 saturated heterocycles. The van der Waals surface area contributed by atoms with Gasteiger partial charge in [-0.1, -0.05) is 67.1 Å². The first-order valence-electron chi connectivity index (χ1n) is 10.9. The van der Waals surface area contributed by atoms with Gasteiger partial charge in [0, 0.05) is 23.5 Å². The first-order chi connectivity index (χ1) is 15.5. The summed E-state index contributed by atoms with van der Waals surface area (Å²) in [5.41, 5.74) is 1.34. The van der Waals surface area contributed by atoms with Crippen molar-refractivity contribution in [2.45, 2.75) is 65.0 Å². The highest BCUT2D eigenvalue weighted by molar-refractivity contribution is 9.10. The molecule has 0 saturated carbocycles. The van der Waals surface area contributed by atoms with Crippen LogP contribution in [-0.4, -0.2) is 17.9 Å². The molecule has 2 rings (SSSR count). The van der Waals surface area contributed by atoms with Gasteiger partial charge in [0.25, 0.3) is 5.69 Å². The van der Waals surface area contributed by atoms with Crippen molar-refractivity contribution in [1.82, 2.24) is 5.32 Å². The fourth-order valence-corrected chi connectivity index (χ4v) is 3.76. The van der Waals surface area contributed by atoms with E-state index >= 15 is 0 Å². The first-order valence-corrected chi connectivity index (χ1v) is 11.7. The van der Waals surface area contributed by atoms with Crippen LogP contribution in [0, 0.1) is 10.1 Å². The van der Waals surface area contributed by atoms with Gasteiger partial charge in [0.15, 0.2) is 11.5 Å². The number of para-hydroxylation sites is 1. The van der Waals surface area contributed by atoms with Gasteiger partial charge in [-0.3, -0.25) is 14.9 Å². The second kappa shape index (κ2) is 13.7.